The highest BCUT2D eigenvalue weighted by Crippen LogP contribution is 2.36. The molecule has 0 spiro atoms. The molecule has 0 atom stereocenters. The number of aromatic amines is 1. The van der Waals surface area contributed by atoms with Crippen molar-refractivity contribution in [2.75, 3.05) is 0 Å². The van der Waals surface area contributed by atoms with E-state index in [1.165, 1.54) is 35.0 Å². The van der Waals surface area contributed by atoms with Crippen LogP contribution in [0.15, 0.2) is 67.9 Å². The van der Waals surface area contributed by atoms with Crippen molar-refractivity contribution in [3.05, 3.63) is 69.5 Å². The van der Waals surface area contributed by atoms with E-state index in [1.54, 1.807) is 17.5 Å². The number of fused-ring (bicyclic) bond motifs is 4. The lowest BCUT2D eigenvalue weighted by Crippen LogP contribution is -2.09. The lowest BCUT2D eigenvalue weighted by molar-refractivity contribution is 0.485. The van der Waals surface area contributed by atoms with Gasteiger partial charge in [-0.2, -0.15) is 0 Å². The molecule has 0 saturated carbocycles. The summed E-state index contributed by atoms with van der Waals surface area (Å²) in [7, 11) is 0. The summed E-state index contributed by atoms with van der Waals surface area (Å²) < 4.78 is 6.06. The van der Waals surface area contributed by atoms with Crippen LogP contribution in [0.25, 0.3) is 32.7 Å². The van der Waals surface area contributed by atoms with Gasteiger partial charge >= 0.3 is 0 Å². The Morgan fingerprint density at radius 1 is 1.03 bits per heavy atom. The number of aryl methyl sites for hydroxylation is 2. The largest absolute Gasteiger partial charge is 0.446 e. The molecule has 7 heteroatoms. The van der Waals surface area contributed by atoms with Gasteiger partial charge in [-0.15, -0.1) is 11.3 Å². The van der Waals surface area contributed by atoms with Crippen molar-refractivity contribution in [2.45, 2.75) is 42.1 Å². The van der Waals surface area contributed by atoms with Crippen molar-refractivity contribution in [1.82, 2.24) is 15.0 Å². The van der Waals surface area contributed by atoms with Crippen LogP contribution in [0, 0.1) is 0 Å². The van der Waals surface area contributed by atoms with Crippen molar-refractivity contribution in [1.29, 1.82) is 0 Å². The van der Waals surface area contributed by atoms with Crippen LogP contribution < -0.4 is 5.56 Å². The molecule has 6 rings (SSSR count). The van der Waals surface area contributed by atoms with Gasteiger partial charge in [-0.25, -0.2) is 4.98 Å². The highest BCUT2D eigenvalue weighted by Gasteiger charge is 2.20. The second-order valence-electron chi connectivity index (χ2n) is 7.71. The zero-order valence-electron chi connectivity index (χ0n) is 16.7. The summed E-state index contributed by atoms with van der Waals surface area (Å²) in [6.45, 7) is 0. The fourth-order valence-electron chi connectivity index (χ4n) is 4.23. The van der Waals surface area contributed by atoms with E-state index in [0.717, 1.165) is 50.4 Å². The average Bonchev–Trinajstić information content (AvgIpc) is 3.32. The molecule has 1 N–H and O–H groups in total. The van der Waals surface area contributed by atoms with Gasteiger partial charge in [0.25, 0.3) is 5.56 Å². The average molecular weight is 446 g/mol. The Labute approximate surface area is 186 Å². The zero-order chi connectivity index (χ0) is 20.8. The Hall–Kier alpha value is -2.90. The van der Waals surface area contributed by atoms with Crippen LogP contribution in [-0.4, -0.2) is 15.0 Å². The monoisotopic (exact) mass is 445 g/mol. The SMILES string of the molecule is O=c1[nH]c(-c2ccc(Sc3cccc4cccnc34)o2)nc2sc3c(c12)CCCCC3. The highest BCUT2D eigenvalue weighted by molar-refractivity contribution is 7.99. The number of thiophene rings is 1. The van der Waals surface area contributed by atoms with E-state index in [0.29, 0.717) is 11.6 Å². The number of hydrogen-bond donors (Lipinski definition) is 1. The van der Waals surface area contributed by atoms with Crippen molar-refractivity contribution in [2.24, 2.45) is 0 Å². The van der Waals surface area contributed by atoms with Crippen molar-refractivity contribution >= 4 is 44.2 Å². The van der Waals surface area contributed by atoms with Crippen molar-refractivity contribution in [3.63, 3.8) is 0 Å². The molecular formula is C24H19N3O2S2. The molecule has 1 aliphatic rings. The van der Waals surface area contributed by atoms with E-state index in [-0.39, 0.29) is 5.56 Å². The van der Waals surface area contributed by atoms with Gasteiger partial charge in [0.05, 0.1) is 10.9 Å². The number of benzene rings is 1. The summed E-state index contributed by atoms with van der Waals surface area (Å²) in [5.41, 5.74) is 2.08. The molecule has 4 heterocycles. The summed E-state index contributed by atoms with van der Waals surface area (Å²) in [5, 5.41) is 2.60. The zero-order valence-corrected chi connectivity index (χ0v) is 18.3. The molecule has 154 valence electrons. The van der Waals surface area contributed by atoms with E-state index in [9.17, 15) is 4.79 Å². The Morgan fingerprint density at radius 2 is 1.94 bits per heavy atom. The van der Waals surface area contributed by atoms with Crippen LogP contribution in [0.4, 0.5) is 0 Å². The Morgan fingerprint density at radius 3 is 2.90 bits per heavy atom. The molecule has 1 aliphatic carbocycles. The van der Waals surface area contributed by atoms with Gasteiger partial charge in [-0.3, -0.25) is 9.78 Å². The van der Waals surface area contributed by atoms with Gasteiger partial charge in [0.1, 0.15) is 4.83 Å². The molecule has 0 aliphatic heterocycles. The van der Waals surface area contributed by atoms with Gasteiger partial charge in [0.15, 0.2) is 16.7 Å². The third kappa shape index (κ3) is 3.38. The second kappa shape index (κ2) is 7.66. The molecule has 4 aromatic heterocycles. The summed E-state index contributed by atoms with van der Waals surface area (Å²) in [5.74, 6) is 1.05. The van der Waals surface area contributed by atoms with Crippen LogP contribution in [0.3, 0.4) is 0 Å². The summed E-state index contributed by atoms with van der Waals surface area (Å²) in [6.07, 6.45) is 7.37. The maximum absolute atomic E-state index is 12.9. The Balaban J connectivity index is 1.36. The first-order chi connectivity index (χ1) is 15.3. The molecule has 0 amide bonds. The number of pyridine rings is 1. The maximum atomic E-state index is 12.9. The molecular weight excluding hydrogens is 426 g/mol. The second-order valence-corrected chi connectivity index (χ2v) is 9.84. The van der Waals surface area contributed by atoms with E-state index < -0.39 is 0 Å². The predicted octanol–water partition coefficient (Wildman–Crippen LogP) is 6.21. The van der Waals surface area contributed by atoms with Gasteiger partial charge in [0.2, 0.25) is 0 Å². The van der Waals surface area contributed by atoms with E-state index in [1.807, 2.05) is 42.5 Å². The fraction of sp³-hybridized carbons (Fsp3) is 0.208. The number of hydrogen-bond acceptors (Lipinski definition) is 6. The lowest BCUT2D eigenvalue weighted by atomic mass is 10.1. The maximum Gasteiger partial charge on any atom is 0.260 e. The summed E-state index contributed by atoms with van der Waals surface area (Å²) in [4.78, 5) is 28.3. The van der Waals surface area contributed by atoms with Crippen LogP contribution >= 0.6 is 23.1 Å². The van der Waals surface area contributed by atoms with Crippen LogP contribution in [0.2, 0.25) is 0 Å². The Bertz CT molecular complexity index is 1480. The molecule has 0 saturated heterocycles. The Kier molecular flexibility index (Phi) is 4.65. The number of rotatable bonds is 3. The van der Waals surface area contributed by atoms with Crippen LogP contribution in [0.1, 0.15) is 29.7 Å². The third-order valence-corrected chi connectivity index (χ3v) is 7.85. The molecule has 31 heavy (non-hydrogen) atoms. The summed E-state index contributed by atoms with van der Waals surface area (Å²) in [6, 6.07) is 13.9. The van der Waals surface area contributed by atoms with Crippen LogP contribution in [-0.2, 0) is 12.8 Å². The minimum Gasteiger partial charge on any atom is -0.446 e. The normalized spacial score (nSPS) is 14.1. The molecule has 0 fully saturated rings. The van der Waals surface area contributed by atoms with Gasteiger partial charge < -0.3 is 9.40 Å². The topological polar surface area (TPSA) is 71.8 Å². The molecule has 0 unspecified atom stereocenters. The number of para-hydroxylation sites is 1. The molecule has 5 aromatic rings. The lowest BCUT2D eigenvalue weighted by Gasteiger charge is -2.03. The first-order valence-corrected chi connectivity index (χ1v) is 12.1. The van der Waals surface area contributed by atoms with Crippen molar-refractivity contribution in [3.8, 4) is 11.6 Å². The van der Waals surface area contributed by atoms with E-state index >= 15 is 0 Å². The molecule has 1 aromatic carbocycles. The van der Waals surface area contributed by atoms with E-state index in [4.69, 9.17) is 9.40 Å². The standard InChI is InChI=1S/C24H19N3O2S2/c28-23-20-15-8-2-1-3-9-17(15)31-24(20)27-22(26-23)16-11-12-19(29-16)30-18-10-4-6-14-7-5-13-25-21(14)18/h4-7,10-13H,1-3,8-9H2,(H,26,27,28). The van der Waals surface area contributed by atoms with Gasteiger partial charge in [-0.05, 0) is 67.3 Å². The van der Waals surface area contributed by atoms with Gasteiger partial charge in [0, 0.05) is 21.4 Å². The fourth-order valence-corrected chi connectivity index (χ4v) is 6.39. The molecule has 5 nitrogen and oxygen atoms in total. The van der Waals surface area contributed by atoms with Crippen molar-refractivity contribution < 1.29 is 4.42 Å². The number of aromatic nitrogens is 3. The third-order valence-electron chi connectivity index (χ3n) is 5.70. The molecule has 0 bridgehead atoms. The first-order valence-electron chi connectivity index (χ1n) is 10.4. The first kappa shape index (κ1) is 18.8. The van der Waals surface area contributed by atoms with Gasteiger partial charge in [-0.1, -0.05) is 24.6 Å². The predicted molar refractivity (Wildman–Crippen MR) is 125 cm³/mol. The quantitative estimate of drug-likeness (QED) is 0.334. The smallest absolute Gasteiger partial charge is 0.260 e. The minimum atomic E-state index is -0.0664. The number of nitrogens with zero attached hydrogens (tertiary/aromatic N) is 2. The van der Waals surface area contributed by atoms with Crippen LogP contribution in [0.5, 0.6) is 0 Å². The summed E-state index contributed by atoms with van der Waals surface area (Å²) >= 11 is 3.18. The number of nitrogens with one attached hydrogen (secondary N) is 1. The highest BCUT2D eigenvalue weighted by atomic mass is 32.2. The molecule has 0 radical (unpaired) electrons. The van der Waals surface area contributed by atoms with E-state index in [2.05, 4.69) is 9.97 Å². The number of H-pyrrole nitrogens is 1. The minimum absolute atomic E-state index is 0.0664. The number of furan rings is 1.